The predicted octanol–water partition coefficient (Wildman–Crippen LogP) is 4.12. The van der Waals surface area contributed by atoms with Gasteiger partial charge in [0.05, 0.1) is 18.5 Å². The summed E-state index contributed by atoms with van der Waals surface area (Å²) in [5.74, 6) is -0.684. The number of carbonyl (C=O) groups is 2. The van der Waals surface area contributed by atoms with Gasteiger partial charge in [-0.05, 0) is 48.9 Å². The molecule has 1 fully saturated rings. The molecule has 2 amide bonds. The van der Waals surface area contributed by atoms with E-state index in [1.807, 2.05) is 13.8 Å². The predicted molar refractivity (Wildman–Crippen MR) is 120 cm³/mol. The second-order valence-corrected chi connectivity index (χ2v) is 8.51. The Bertz CT molecular complexity index is 1030. The Kier molecular flexibility index (Phi) is 7.53. The largest absolute Gasteiger partial charge is 0.465 e. The van der Waals surface area contributed by atoms with Crippen LogP contribution in [0.3, 0.4) is 0 Å². The Morgan fingerprint density at radius 3 is 2.67 bits per heavy atom. The van der Waals surface area contributed by atoms with Gasteiger partial charge < -0.3 is 21.1 Å². The molecule has 4 atom stereocenters. The molecule has 1 saturated heterocycles. The van der Waals surface area contributed by atoms with Gasteiger partial charge in [-0.25, -0.2) is 9.18 Å². The van der Waals surface area contributed by atoms with Crippen molar-refractivity contribution in [3.05, 3.63) is 41.8 Å². The third-order valence-electron chi connectivity index (χ3n) is 6.52. The van der Waals surface area contributed by atoms with Gasteiger partial charge in [0.2, 0.25) is 0 Å². The van der Waals surface area contributed by atoms with Crippen molar-refractivity contribution in [1.29, 1.82) is 5.26 Å². The second-order valence-electron chi connectivity index (χ2n) is 8.51. The zero-order chi connectivity index (χ0) is 24.1. The molecule has 0 bridgehead atoms. The lowest BCUT2D eigenvalue weighted by molar-refractivity contribution is 0.0525. The lowest BCUT2D eigenvalue weighted by Crippen LogP contribution is -2.49. The lowest BCUT2D eigenvalue weighted by atomic mass is 9.79. The van der Waals surface area contributed by atoms with Gasteiger partial charge in [-0.15, -0.1) is 0 Å². The standard InChI is InChI=1S/C23H29FN6O3/c1-3-14(2)20-12-15(9-11-29(20)23(32)33)19(8-10-25)30-13-18(21(26)31)22(28-30)27-17-6-4-16(24)5-7-17/h4-7,13-15,19-20H,3,8-9,11-12H2,1-2H3,(H2,26,31)(H,27,28)(H,32,33). The van der Waals surface area contributed by atoms with Gasteiger partial charge >= 0.3 is 6.09 Å². The van der Waals surface area contributed by atoms with E-state index in [0.29, 0.717) is 25.1 Å². The number of halogens is 1. The summed E-state index contributed by atoms with van der Waals surface area (Å²) in [7, 11) is 0. The number of hydrogen-bond donors (Lipinski definition) is 3. The molecule has 3 rings (SSSR count). The summed E-state index contributed by atoms with van der Waals surface area (Å²) in [6, 6.07) is 7.30. The number of amides is 2. The van der Waals surface area contributed by atoms with Crippen molar-refractivity contribution < 1.29 is 19.1 Å². The molecule has 0 spiro atoms. The monoisotopic (exact) mass is 456 g/mol. The van der Waals surface area contributed by atoms with Gasteiger partial charge in [0.1, 0.15) is 11.4 Å². The van der Waals surface area contributed by atoms with Crippen molar-refractivity contribution in [1.82, 2.24) is 14.7 Å². The number of piperidine rings is 1. The van der Waals surface area contributed by atoms with E-state index in [-0.39, 0.29) is 47.5 Å². The number of nitrogens with zero attached hydrogens (tertiary/aromatic N) is 4. The zero-order valence-corrected chi connectivity index (χ0v) is 18.7. The molecule has 1 aliphatic rings. The van der Waals surface area contributed by atoms with E-state index in [2.05, 4.69) is 16.5 Å². The molecule has 10 heteroatoms. The minimum Gasteiger partial charge on any atom is -0.465 e. The molecular weight excluding hydrogens is 427 g/mol. The minimum absolute atomic E-state index is 0.00134. The second kappa shape index (κ2) is 10.3. The van der Waals surface area contributed by atoms with Crippen LogP contribution in [0.5, 0.6) is 0 Å². The molecule has 0 saturated carbocycles. The number of carbonyl (C=O) groups excluding carboxylic acids is 1. The van der Waals surface area contributed by atoms with Crippen molar-refractivity contribution >= 4 is 23.5 Å². The molecule has 2 aromatic rings. The third-order valence-corrected chi connectivity index (χ3v) is 6.52. The van der Waals surface area contributed by atoms with E-state index in [4.69, 9.17) is 5.73 Å². The maximum atomic E-state index is 13.2. The molecule has 4 N–H and O–H groups in total. The maximum Gasteiger partial charge on any atom is 0.407 e. The summed E-state index contributed by atoms with van der Waals surface area (Å²) in [5.41, 5.74) is 6.25. The van der Waals surface area contributed by atoms with Crippen LogP contribution in [-0.2, 0) is 0 Å². The fraction of sp³-hybridized carbons (Fsp3) is 0.478. The summed E-state index contributed by atoms with van der Waals surface area (Å²) >= 11 is 0. The van der Waals surface area contributed by atoms with E-state index in [1.54, 1.807) is 4.68 Å². The van der Waals surface area contributed by atoms with Crippen LogP contribution in [0.2, 0.25) is 0 Å². The van der Waals surface area contributed by atoms with Crippen molar-refractivity contribution in [3.8, 4) is 6.07 Å². The van der Waals surface area contributed by atoms with Gasteiger partial charge in [-0.3, -0.25) is 9.48 Å². The molecule has 0 aliphatic carbocycles. The number of nitriles is 1. The molecule has 1 aromatic carbocycles. The molecule has 1 aliphatic heterocycles. The van der Waals surface area contributed by atoms with Gasteiger partial charge in [0.25, 0.3) is 5.91 Å². The fourth-order valence-corrected chi connectivity index (χ4v) is 4.50. The van der Waals surface area contributed by atoms with Crippen LogP contribution in [0.1, 0.15) is 55.9 Å². The Morgan fingerprint density at radius 1 is 1.39 bits per heavy atom. The van der Waals surface area contributed by atoms with Crippen LogP contribution in [-0.4, -0.2) is 44.4 Å². The first-order valence-electron chi connectivity index (χ1n) is 11.0. The van der Waals surface area contributed by atoms with E-state index in [1.165, 1.54) is 35.4 Å². The highest BCUT2D eigenvalue weighted by Gasteiger charge is 2.38. The molecule has 1 aromatic heterocycles. The fourth-order valence-electron chi connectivity index (χ4n) is 4.50. The summed E-state index contributed by atoms with van der Waals surface area (Å²) in [6.07, 6.45) is 2.76. The smallest absolute Gasteiger partial charge is 0.407 e. The number of aromatic nitrogens is 2. The maximum absolute atomic E-state index is 13.2. The molecule has 0 radical (unpaired) electrons. The molecule has 4 unspecified atom stereocenters. The van der Waals surface area contributed by atoms with E-state index in [0.717, 1.165) is 6.42 Å². The number of anilines is 2. The zero-order valence-electron chi connectivity index (χ0n) is 18.7. The summed E-state index contributed by atoms with van der Waals surface area (Å²) in [4.78, 5) is 25.3. The van der Waals surface area contributed by atoms with Crippen molar-refractivity contribution in [2.45, 2.75) is 51.6 Å². The van der Waals surface area contributed by atoms with Crippen LogP contribution in [0, 0.1) is 29.0 Å². The molecular formula is C23H29FN6O3. The van der Waals surface area contributed by atoms with Gasteiger partial charge in [-0.2, -0.15) is 10.4 Å². The average molecular weight is 457 g/mol. The van der Waals surface area contributed by atoms with E-state index >= 15 is 0 Å². The first-order chi connectivity index (χ1) is 15.7. The molecule has 33 heavy (non-hydrogen) atoms. The first-order valence-corrected chi connectivity index (χ1v) is 11.0. The summed E-state index contributed by atoms with van der Waals surface area (Å²) < 4.78 is 14.8. The van der Waals surface area contributed by atoms with Crippen molar-refractivity contribution in [3.63, 3.8) is 0 Å². The quantitative estimate of drug-likeness (QED) is 0.546. The number of benzene rings is 1. The summed E-state index contributed by atoms with van der Waals surface area (Å²) in [6.45, 7) is 4.44. The van der Waals surface area contributed by atoms with Crippen molar-refractivity contribution in [2.24, 2.45) is 17.6 Å². The Morgan fingerprint density at radius 2 is 2.09 bits per heavy atom. The lowest BCUT2D eigenvalue weighted by Gasteiger charge is -2.42. The van der Waals surface area contributed by atoms with Crippen LogP contribution in [0.15, 0.2) is 30.5 Å². The molecule has 2 heterocycles. The number of hydrogen-bond acceptors (Lipinski definition) is 5. The van der Waals surface area contributed by atoms with E-state index < -0.39 is 12.0 Å². The number of likely N-dealkylation sites (tertiary alicyclic amines) is 1. The minimum atomic E-state index is -0.934. The number of rotatable bonds is 8. The van der Waals surface area contributed by atoms with Crippen molar-refractivity contribution in [2.75, 3.05) is 11.9 Å². The van der Waals surface area contributed by atoms with E-state index in [9.17, 15) is 24.3 Å². The topological polar surface area (TPSA) is 137 Å². The highest BCUT2D eigenvalue weighted by molar-refractivity contribution is 5.98. The summed E-state index contributed by atoms with van der Waals surface area (Å²) in [5, 5.41) is 26.6. The SMILES string of the molecule is CCC(C)C1CC(C(CC#N)n2cc(C(N)=O)c(Nc3ccc(F)cc3)n2)CCN1C(=O)O. The highest BCUT2D eigenvalue weighted by Crippen LogP contribution is 2.37. The Hall–Kier alpha value is -3.61. The van der Waals surface area contributed by atoms with Gasteiger partial charge in [0.15, 0.2) is 5.82 Å². The number of carboxylic acid groups (broad SMARTS) is 1. The Balaban J connectivity index is 1.91. The van der Waals surface area contributed by atoms with Crippen LogP contribution >= 0.6 is 0 Å². The van der Waals surface area contributed by atoms with Gasteiger partial charge in [0, 0.05) is 24.5 Å². The number of nitrogens with one attached hydrogen (secondary N) is 1. The first kappa shape index (κ1) is 24.0. The molecule has 176 valence electrons. The normalized spacial score (nSPS) is 20.0. The van der Waals surface area contributed by atoms with Crippen LogP contribution < -0.4 is 11.1 Å². The third kappa shape index (κ3) is 5.42. The van der Waals surface area contributed by atoms with Crippen LogP contribution in [0.25, 0.3) is 0 Å². The number of primary amides is 1. The number of nitrogens with two attached hydrogens (primary N) is 1. The van der Waals surface area contributed by atoms with Crippen LogP contribution in [0.4, 0.5) is 20.7 Å². The van der Waals surface area contributed by atoms with Gasteiger partial charge in [-0.1, -0.05) is 20.3 Å². The highest BCUT2D eigenvalue weighted by atomic mass is 19.1. The Labute approximate surface area is 192 Å². The average Bonchev–Trinajstić information content (AvgIpc) is 3.21. The molecule has 9 nitrogen and oxygen atoms in total.